The van der Waals surface area contributed by atoms with E-state index in [1.807, 2.05) is 24.3 Å². The van der Waals surface area contributed by atoms with Gasteiger partial charge in [-0.05, 0) is 42.3 Å². The van der Waals surface area contributed by atoms with Crippen LogP contribution in [0.4, 0.5) is 5.69 Å². The Morgan fingerprint density at radius 3 is 2.69 bits per heavy atom. The summed E-state index contributed by atoms with van der Waals surface area (Å²) in [6.45, 7) is 3.37. The SMILES string of the molecule is COc1ccc(Cl)c(N2CC(c3nc4ccccc4n3Cc3ccccc3C)CC2=O)c1. The first kappa shape index (κ1) is 20.6. The Morgan fingerprint density at radius 2 is 1.88 bits per heavy atom. The highest BCUT2D eigenvalue weighted by atomic mass is 35.5. The van der Waals surface area contributed by atoms with E-state index in [2.05, 4.69) is 41.8 Å². The van der Waals surface area contributed by atoms with Crippen LogP contribution in [0.3, 0.4) is 0 Å². The maximum absolute atomic E-state index is 13.0. The number of hydrogen-bond donors (Lipinski definition) is 0. The van der Waals surface area contributed by atoms with Gasteiger partial charge in [0.15, 0.2) is 0 Å². The summed E-state index contributed by atoms with van der Waals surface area (Å²) in [7, 11) is 1.61. The number of fused-ring (bicyclic) bond motifs is 1. The molecule has 1 fully saturated rings. The first-order valence-electron chi connectivity index (χ1n) is 10.7. The minimum Gasteiger partial charge on any atom is -0.497 e. The van der Waals surface area contributed by atoms with E-state index >= 15 is 0 Å². The van der Waals surface area contributed by atoms with E-state index in [-0.39, 0.29) is 11.8 Å². The number of ether oxygens (including phenoxy) is 1. The minimum absolute atomic E-state index is 0.0267. The highest BCUT2D eigenvalue weighted by Gasteiger charge is 2.36. The largest absolute Gasteiger partial charge is 0.497 e. The normalized spacial score (nSPS) is 16.2. The number of rotatable bonds is 5. The number of amides is 1. The van der Waals surface area contributed by atoms with Crippen LogP contribution >= 0.6 is 11.6 Å². The second-order valence-corrected chi connectivity index (χ2v) is 8.60. The molecule has 0 aliphatic carbocycles. The number of aromatic nitrogens is 2. The van der Waals surface area contributed by atoms with Gasteiger partial charge >= 0.3 is 0 Å². The van der Waals surface area contributed by atoms with Crippen LogP contribution in [0.25, 0.3) is 11.0 Å². The number of carbonyl (C=O) groups excluding carboxylic acids is 1. The van der Waals surface area contributed by atoms with Crippen LogP contribution in [-0.4, -0.2) is 29.1 Å². The molecule has 1 atom stereocenters. The fourth-order valence-corrected chi connectivity index (χ4v) is 4.69. The lowest BCUT2D eigenvalue weighted by molar-refractivity contribution is -0.117. The van der Waals surface area contributed by atoms with E-state index in [0.717, 1.165) is 16.9 Å². The Labute approximate surface area is 192 Å². The lowest BCUT2D eigenvalue weighted by atomic mass is 10.1. The predicted octanol–water partition coefficient (Wildman–Crippen LogP) is 5.58. The summed E-state index contributed by atoms with van der Waals surface area (Å²) in [5.41, 5.74) is 5.19. The van der Waals surface area contributed by atoms with Crippen molar-refractivity contribution in [1.82, 2.24) is 9.55 Å². The molecule has 0 radical (unpaired) electrons. The Balaban J connectivity index is 1.54. The van der Waals surface area contributed by atoms with Gasteiger partial charge in [-0.1, -0.05) is 48.0 Å². The summed E-state index contributed by atoms with van der Waals surface area (Å²) in [5.74, 6) is 1.62. The predicted molar refractivity (Wildman–Crippen MR) is 128 cm³/mol. The summed E-state index contributed by atoms with van der Waals surface area (Å²) in [6, 6.07) is 21.9. The molecule has 1 amide bonds. The summed E-state index contributed by atoms with van der Waals surface area (Å²) >= 11 is 6.44. The summed E-state index contributed by atoms with van der Waals surface area (Å²) in [5, 5.41) is 0.535. The Hall–Kier alpha value is -3.31. The van der Waals surface area contributed by atoms with E-state index < -0.39 is 0 Å². The van der Waals surface area contributed by atoms with Gasteiger partial charge in [0.05, 0.1) is 28.9 Å². The van der Waals surface area contributed by atoms with Crippen LogP contribution in [0.2, 0.25) is 5.02 Å². The number of hydrogen-bond acceptors (Lipinski definition) is 3. The Kier molecular flexibility index (Phi) is 5.35. The van der Waals surface area contributed by atoms with Crippen molar-refractivity contribution in [3.05, 3.63) is 88.7 Å². The average molecular weight is 446 g/mol. The Bertz CT molecular complexity index is 1310. The van der Waals surface area contributed by atoms with E-state index in [1.165, 1.54) is 11.1 Å². The molecule has 1 aliphatic heterocycles. The molecule has 5 rings (SSSR count). The molecule has 6 heteroatoms. The van der Waals surface area contributed by atoms with Crippen molar-refractivity contribution in [2.45, 2.75) is 25.8 Å². The van der Waals surface area contributed by atoms with Crippen LogP contribution in [0.5, 0.6) is 5.75 Å². The number of nitrogens with zero attached hydrogens (tertiary/aromatic N) is 3. The highest BCUT2D eigenvalue weighted by molar-refractivity contribution is 6.34. The zero-order valence-electron chi connectivity index (χ0n) is 18.1. The number of para-hydroxylation sites is 2. The van der Waals surface area contributed by atoms with Crippen molar-refractivity contribution in [3.8, 4) is 5.75 Å². The molecule has 2 heterocycles. The van der Waals surface area contributed by atoms with Gasteiger partial charge in [0, 0.05) is 31.5 Å². The minimum atomic E-state index is -0.0267. The van der Waals surface area contributed by atoms with Gasteiger partial charge in [-0.3, -0.25) is 4.79 Å². The van der Waals surface area contributed by atoms with Gasteiger partial charge in [-0.2, -0.15) is 0 Å². The van der Waals surface area contributed by atoms with Crippen molar-refractivity contribution in [2.75, 3.05) is 18.6 Å². The lowest BCUT2D eigenvalue weighted by Crippen LogP contribution is -2.25. The molecule has 5 nitrogen and oxygen atoms in total. The number of methoxy groups -OCH3 is 1. The third-order valence-electron chi connectivity index (χ3n) is 6.21. The van der Waals surface area contributed by atoms with E-state index in [4.69, 9.17) is 21.3 Å². The van der Waals surface area contributed by atoms with E-state index in [1.54, 1.807) is 24.1 Å². The maximum atomic E-state index is 13.0. The van der Waals surface area contributed by atoms with Gasteiger partial charge in [0.25, 0.3) is 0 Å². The van der Waals surface area contributed by atoms with Crippen molar-refractivity contribution in [3.63, 3.8) is 0 Å². The third kappa shape index (κ3) is 3.63. The molecule has 3 aromatic carbocycles. The molecule has 1 aliphatic rings. The second kappa shape index (κ2) is 8.32. The van der Waals surface area contributed by atoms with Crippen molar-refractivity contribution < 1.29 is 9.53 Å². The molecule has 0 saturated carbocycles. The smallest absolute Gasteiger partial charge is 0.227 e. The number of halogens is 1. The van der Waals surface area contributed by atoms with Crippen LogP contribution in [-0.2, 0) is 11.3 Å². The monoisotopic (exact) mass is 445 g/mol. The molecule has 32 heavy (non-hydrogen) atoms. The summed E-state index contributed by atoms with van der Waals surface area (Å²) < 4.78 is 7.60. The quantitative estimate of drug-likeness (QED) is 0.403. The molecular formula is C26H24ClN3O2. The van der Waals surface area contributed by atoms with Gasteiger partial charge in [0.1, 0.15) is 11.6 Å². The first-order valence-corrected chi connectivity index (χ1v) is 11.1. The molecule has 0 N–H and O–H groups in total. The fraction of sp³-hybridized carbons (Fsp3) is 0.231. The van der Waals surface area contributed by atoms with Crippen molar-refractivity contribution in [1.29, 1.82) is 0 Å². The Morgan fingerprint density at radius 1 is 1.09 bits per heavy atom. The topological polar surface area (TPSA) is 47.4 Å². The zero-order chi connectivity index (χ0) is 22.2. The first-order chi connectivity index (χ1) is 15.5. The van der Waals surface area contributed by atoms with Crippen LogP contribution in [0.15, 0.2) is 66.7 Å². The molecule has 0 spiro atoms. The van der Waals surface area contributed by atoms with Crippen LogP contribution in [0.1, 0.15) is 29.3 Å². The number of imidazole rings is 1. The van der Waals surface area contributed by atoms with Gasteiger partial charge < -0.3 is 14.2 Å². The average Bonchev–Trinajstić information content (AvgIpc) is 3.36. The van der Waals surface area contributed by atoms with E-state index in [0.29, 0.717) is 36.0 Å². The fourth-order valence-electron chi connectivity index (χ4n) is 4.47. The molecule has 0 bridgehead atoms. The number of benzene rings is 3. The van der Waals surface area contributed by atoms with Crippen LogP contribution in [0, 0.1) is 6.92 Å². The van der Waals surface area contributed by atoms with E-state index in [9.17, 15) is 4.79 Å². The third-order valence-corrected chi connectivity index (χ3v) is 6.53. The number of carbonyl (C=O) groups is 1. The standard InChI is InChI=1S/C26H24ClN3O2/c1-17-7-3-4-8-18(17)15-30-23-10-6-5-9-22(23)28-26(30)19-13-25(31)29(16-19)24-14-20(32-2)11-12-21(24)27/h3-12,14,19H,13,15-16H2,1-2H3. The lowest BCUT2D eigenvalue weighted by Gasteiger charge is -2.19. The molecule has 1 saturated heterocycles. The summed E-state index contributed by atoms with van der Waals surface area (Å²) in [4.78, 5) is 19.8. The number of aryl methyl sites for hydroxylation is 1. The molecule has 162 valence electrons. The maximum Gasteiger partial charge on any atom is 0.227 e. The van der Waals surface area contributed by atoms with Crippen molar-refractivity contribution >= 4 is 34.2 Å². The molecule has 4 aromatic rings. The second-order valence-electron chi connectivity index (χ2n) is 8.19. The summed E-state index contributed by atoms with van der Waals surface area (Å²) in [6.07, 6.45) is 0.393. The van der Waals surface area contributed by atoms with Crippen LogP contribution < -0.4 is 9.64 Å². The zero-order valence-corrected chi connectivity index (χ0v) is 18.8. The highest BCUT2D eigenvalue weighted by Crippen LogP contribution is 2.38. The van der Waals surface area contributed by atoms with Gasteiger partial charge in [-0.25, -0.2) is 4.98 Å². The number of anilines is 1. The molecular weight excluding hydrogens is 422 g/mol. The van der Waals surface area contributed by atoms with Crippen molar-refractivity contribution in [2.24, 2.45) is 0 Å². The molecule has 1 aromatic heterocycles. The van der Waals surface area contributed by atoms with Gasteiger partial charge in [0.2, 0.25) is 5.91 Å². The van der Waals surface area contributed by atoms with Gasteiger partial charge in [-0.15, -0.1) is 0 Å². The molecule has 1 unspecified atom stereocenters.